The third kappa shape index (κ3) is 8.89. The minimum Gasteiger partial charge on any atom is -0.478 e. The fourth-order valence-electron chi connectivity index (χ4n) is 2.95. The first kappa shape index (κ1) is 26.3. The van der Waals surface area contributed by atoms with Crippen molar-refractivity contribution in [3.8, 4) is 0 Å². The molecule has 182 valence electrons. The van der Waals surface area contributed by atoms with Gasteiger partial charge >= 0.3 is 12.1 Å². The van der Waals surface area contributed by atoms with Gasteiger partial charge in [-0.3, -0.25) is 14.6 Å². The Morgan fingerprint density at radius 3 is 2.53 bits per heavy atom. The molecule has 10 nitrogen and oxygen atoms in total. The van der Waals surface area contributed by atoms with E-state index in [0.717, 1.165) is 5.56 Å². The van der Waals surface area contributed by atoms with Crippen LogP contribution in [0.15, 0.2) is 42.7 Å². The molecule has 34 heavy (non-hydrogen) atoms. The summed E-state index contributed by atoms with van der Waals surface area (Å²) in [4.78, 5) is 51.5. The number of benzene rings is 1. The van der Waals surface area contributed by atoms with Crippen molar-refractivity contribution in [1.82, 2.24) is 10.3 Å². The molecule has 2 aromatic rings. The normalized spacial score (nSPS) is 11.8. The number of rotatable bonds is 9. The minimum absolute atomic E-state index is 0.0258. The van der Waals surface area contributed by atoms with E-state index in [2.05, 4.69) is 20.9 Å². The van der Waals surface area contributed by atoms with Gasteiger partial charge < -0.3 is 25.8 Å². The number of alkyl carbamates (subject to hydrolysis) is 1. The standard InChI is InChI=1S/C24H30N4O6/c1-15(26-23(33)34-24(2,3)4)21(30)27-17-9-5-7-16(13-17)8-6-10-20(29)28-19-14-25-12-11-18(19)22(31)32/h5,7,9,11-15H,6,8,10H2,1-4H3,(H,26,33)(H,27,30)(H,28,29)(H,31,32). The van der Waals surface area contributed by atoms with E-state index in [1.807, 2.05) is 6.07 Å². The molecule has 10 heteroatoms. The maximum Gasteiger partial charge on any atom is 0.408 e. The highest BCUT2D eigenvalue weighted by atomic mass is 16.6. The molecule has 4 N–H and O–H groups in total. The Bertz CT molecular complexity index is 1050. The van der Waals surface area contributed by atoms with Crippen LogP contribution in [0.5, 0.6) is 0 Å². The van der Waals surface area contributed by atoms with E-state index in [-0.39, 0.29) is 23.6 Å². The third-order valence-corrected chi connectivity index (χ3v) is 4.52. The summed E-state index contributed by atoms with van der Waals surface area (Å²) in [5.74, 6) is -1.86. The molecular weight excluding hydrogens is 440 g/mol. The predicted molar refractivity (Wildman–Crippen MR) is 127 cm³/mol. The SMILES string of the molecule is CC(NC(=O)OC(C)(C)C)C(=O)Nc1cccc(CCCC(=O)Nc2cnccc2C(=O)O)c1. The number of aromatic carboxylic acids is 1. The van der Waals surface area contributed by atoms with E-state index in [9.17, 15) is 24.3 Å². The van der Waals surface area contributed by atoms with Crippen LogP contribution in [0.2, 0.25) is 0 Å². The highest BCUT2D eigenvalue weighted by Gasteiger charge is 2.21. The molecule has 1 atom stereocenters. The Hall–Kier alpha value is -3.95. The zero-order chi connectivity index (χ0) is 25.3. The Balaban J connectivity index is 1.84. The molecule has 3 amide bonds. The molecule has 1 aromatic heterocycles. The molecule has 0 aliphatic rings. The molecule has 0 saturated heterocycles. The van der Waals surface area contributed by atoms with Gasteiger partial charge in [-0.2, -0.15) is 0 Å². The first-order valence-electron chi connectivity index (χ1n) is 10.8. The minimum atomic E-state index is -1.15. The Kier molecular flexibility index (Phi) is 9.11. The fraction of sp³-hybridized carbons (Fsp3) is 0.375. The van der Waals surface area contributed by atoms with Crippen molar-refractivity contribution in [2.24, 2.45) is 0 Å². The van der Waals surface area contributed by atoms with Gasteiger partial charge in [-0.05, 0) is 64.3 Å². The Morgan fingerprint density at radius 2 is 1.85 bits per heavy atom. The summed E-state index contributed by atoms with van der Waals surface area (Å²) in [7, 11) is 0. The quantitative estimate of drug-likeness (QED) is 0.438. The maximum atomic E-state index is 12.4. The first-order chi connectivity index (χ1) is 15.9. The van der Waals surface area contributed by atoms with E-state index >= 15 is 0 Å². The summed E-state index contributed by atoms with van der Waals surface area (Å²) in [6, 6.07) is 7.70. The number of nitrogens with zero attached hydrogens (tertiary/aromatic N) is 1. The molecule has 0 aliphatic heterocycles. The number of ether oxygens (including phenoxy) is 1. The van der Waals surface area contributed by atoms with Crippen LogP contribution < -0.4 is 16.0 Å². The van der Waals surface area contributed by atoms with Crippen LogP contribution in [0.25, 0.3) is 0 Å². The van der Waals surface area contributed by atoms with E-state index in [1.165, 1.54) is 18.5 Å². The molecule has 0 aliphatic carbocycles. The lowest BCUT2D eigenvalue weighted by Crippen LogP contribution is -2.43. The summed E-state index contributed by atoms with van der Waals surface area (Å²) in [6.45, 7) is 6.76. The van der Waals surface area contributed by atoms with Crippen LogP contribution in [0.3, 0.4) is 0 Å². The summed E-state index contributed by atoms with van der Waals surface area (Å²) < 4.78 is 5.15. The largest absolute Gasteiger partial charge is 0.478 e. The van der Waals surface area contributed by atoms with E-state index in [0.29, 0.717) is 18.5 Å². The molecule has 0 saturated carbocycles. The molecule has 0 spiro atoms. The molecule has 0 radical (unpaired) electrons. The number of carboxylic acid groups (broad SMARTS) is 1. The number of hydrogen-bond acceptors (Lipinski definition) is 6. The van der Waals surface area contributed by atoms with Crippen molar-refractivity contribution >= 4 is 35.3 Å². The van der Waals surface area contributed by atoms with Crippen molar-refractivity contribution in [3.63, 3.8) is 0 Å². The lowest BCUT2D eigenvalue weighted by molar-refractivity contribution is -0.118. The number of pyridine rings is 1. The summed E-state index contributed by atoms with van der Waals surface area (Å²) in [5, 5.41) is 17.0. The number of amides is 3. The van der Waals surface area contributed by atoms with E-state index in [1.54, 1.807) is 45.9 Å². The number of anilines is 2. The van der Waals surface area contributed by atoms with Gasteiger partial charge in [-0.25, -0.2) is 9.59 Å². The Labute approximate surface area is 198 Å². The number of hydrogen-bond donors (Lipinski definition) is 4. The maximum absolute atomic E-state index is 12.4. The average Bonchev–Trinajstić information content (AvgIpc) is 2.72. The number of aryl methyl sites for hydroxylation is 1. The summed E-state index contributed by atoms with van der Waals surface area (Å²) >= 11 is 0. The molecule has 1 aromatic carbocycles. The lowest BCUT2D eigenvalue weighted by Gasteiger charge is -2.21. The molecule has 2 rings (SSSR count). The van der Waals surface area contributed by atoms with E-state index < -0.39 is 29.6 Å². The second-order valence-electron chi connectivity index (χ2n) is 8.69. The van der Waals surface area contributed by atoms with Gasteiger partial charge in [0.2, 0.25) is 11.8 Å². The van der Waals surface area contributed by atoms with Crippen molar-refractivity contribution in [2.45, 2.75) is 58.6 Å². The second kappa shape index (κ2) is 11.8. The average molecular weight is 471 g/mol. The van der Waals surface area contributed by atoms with Crippen molar-refractivity contribution in [1.29, 1.82) is 0 Å². The van der Waals surface area contributed by atoms with Gasteiger partial charge in [0.1, 0.15) is 11.6 Å². The van der Waals surface area contributed by atoms with Crippen LogP contribution in [0, 0.1) is 0 Å². The highest BCUT2D eigenvalue weighted by molar-refractivity contribution is 6.00. The van der Waals surface area contributed by atoms with E-state index in [4.69, 9.17) is 4.74 Å². The molecule has 1 unspecified atom stereocenters. The highest BCUT2D eigenvalue weighted by Crippen LogP contribution is 2.16. The molecule has 0 bridgehead atoms. The Morgan fingerprint density at radius 1 is 1.12 bits per heavy atom. The fourth-order valence-corrected chi connectivity index (χ4v) is 2.95. The van der Waals surface area contributed by atoms with Crippen LogP contribution in [0.1, 0.15) is 56.5 Å². The van der Waals surface area contributed by atoms with Gasteiger partial charge in [-0.1, -0.05) is 12.1 Å². The summed E-state index contributed by atoms with van der Waals surface area (Å²) in [5.41, 5.74) is 0.931. The van der Waals surface area contributed by atoms with Gasteiger partial charge in [0.25, 0.3) is 0 Å². The van der Waals surface area contributed by atoms with Gasteiger partial charge in [0.05, 0.1) is 17.4 Å². The lowest BCUT2D eigenvalue weighted by atomic mass is 10.1. The predicted octanol–water partition coefficient (Wildman–Crippen LogP) is 3.59. The monoisotopic (exact) mass is 470 g/mol. The number of carboxylic acids is 1. The van der Waals surface area contributed by atoms with Crippen molar-refractivity contribution in [2.75, 3.05) is 10.6 Å². The number of carbonyl (C=O) groups is 4. The number of carbonyl (C=O) groups excluding carboxylic acids is 3. The van der Waals surface area contributed by atoms with Crippen molar-refractivity contribution < 1.29 is 29.0 Å². The smallest absolute Gasteiger partial charge is 0.408 e. The molecule has 0 fully saturated rings. The van der Waals surface area contributed by atoms with Gasteiger partial charge in [-0.15, -0.1) is 0 Å². The van der Waals surface area contributed by atoms with Crippen LogP contribution >= 0.6 is 0 Å². The van der Waals surface area contributed by atoms with Crippen LogP contribution in [-0.2, 0) is 20.7 Å². The second-order valence-corrected chi connectivity index (χ2v) is 8.69. The van der Waals surface area contributed by atoms with Gasteiger partial charge in [0, 0.05) is 18.3 Å². The van der Waals surface area contributed by atoms with Crippen LogP contribution in [0.4, 0.5) is 16.2 Å². The first-order valence-corrected chi connectivity index (χ1v) is 10.8. The summed E-state index contributed by atoms with van der Waals surface area (Å²) in [6.07, 6.45) is 3.24. The third-order valence-electron chi connectivity index (χ3n) is 4.52. The molecular formula is C24H30N4O6. The number of nitrogens with one attached hydrogen (secondary N) is 3. The van der Waals surface area contributed by atoms with Crippen LogP contribution in [-0.4, -0.2) is 45.6 Å². The van der Waals surface area contributed by atoms with Crippen molar-refractivity contribution in [3.05, 3.63) is 53.9 Å². The molecule has 1 heterocycles. The topological polar surface area (TPSA) is 147 Å². The zero-order valence-electron chi connectivity index (χ0n) is 19.7. The zero-order valence-corrected chi connectivity index (χ0v) is 19.7. The number of aromatic nitrogens is 1. The van der Waals surface area contributed by atoms with Gasteiger partial charge in [0.15, 0.2) is 0 Å².